The van der Waals surface area contributed by atoms with Crippen LogP contribution in [0.2, 0.25) is 0 Å². The summed E-state index contributed by atoms with van der Waals surface area (Å²) in [7, 11) is 0. The van der Waals surface area contributed by atoms with Gasteiger partial charge in [0.25, 0.3) is 5.69 Å². The molecule has 2 aromatic rings. The Kier molecular flexibility index (Phi) is 7.41. The Morgan fingerprint density at radius 1 is 1.19 bits per heavy atom. The molecule has 2 aromatic carbocycles. The van der Waals surface area contributed by atoms with Crippen molar-refractivity contribution in [2.75, 3.05) is 6.61 Å². The first-order valence-electron chi connectivity index (χ1n) is 14.2. The molecule has 4 atom stereocenters. The average molecular weight is 593 g/mol. The molecule has 4 aliphatic rings. The molecule has 0 bridgehead atoms. The van der Waals surface area contributed by atoms with Crippen molar-refractivity contribution in [2.24, 2.45) is 10.9 Å². The minimum absolute atomic E-state index is 0.00712. The third-order valence-corrected chi connectivity index (χ3v) is 8.28. The lowest BCUT2D eigenvalue weighted by atomic mass is 9.68. The van der Waals surface area contributed by atoms with Crippen LogP contribution in [0.25, 0.3) is 0 Å². The number of ether oxygens (including phenoxy) is 5. The molecule has 0 radical (unpaired) electrons. The highest BCUT2D eigenvalue weighted by atomic mass is 16.7. The molecule has 3 aliphatic heterocycles. The number of carbonyl (C=O) groups is 2. The maximum absolute atomic E-state index is 13.2. The zero-order valence-corrected chi connectivity index (χ0v) is 24.0. The standard InChI is InChI=1S/C31H32N2O10/c1-30(2)42-25(21-14-24(35)27-20(31(21,3)43-30)7-6-8-23(27)34)15-22-29(36)41-28(32-22)19-13-18(33(37)38)11-10-17(19)16-40-26-9-4-5-12-39-26/h6-8,10-11,13,15,21,25-26,34H,4-5,9,12,14,16H2,1-3H3. The first-order valence-corrected chi connectivity index (χ1v) is 14.2. The SMILES string of the molecule is CC1(C)OC(C=C2N=C(c3cc([N+](=O)[O-])ccc3COC3CCCCO3)OC2=O)C2CC(=O)c3c(O)cccc3C2(C)O1. The molecule has 12 heteroatoms. The number of Topliss-reactive ketones (excluding diaryl/α,β-unsaturated/α-hetero) is 1. The van der Waals surface area contributed by atoms with Gasteiger partial charge in [-0.15, -0.1) is 0 Å². The summed E-state index contributed by atoms with van der Waals surface area (Å²) in [6.45, 7) is 5.96. The third kappa shape index (κ3) is 5.47. The van der Waals surface area contributed by atoms with Crippen LogP contribution in [0.5, 0.6) is 5.75 Å². The lowest BCUT2D eigenvalue weighted by molar-refractivity contribution is -0.384. The number of cyclic esters (lactones) is 1. The summed E-state index contributed by atoms with van der Waals surface area (Å²) < 4.78 is 29.7. The summed E-state index contributed by atoms with van der Waals surface area (Å²) in [5.41, 5.74) is 0.237. The smallest absolute Gasteiger partial charge is 0.363 e. The number of non-ortho nitro benzene ring substituents is 1. The zero-order chi connectivity index (χ0) is 30.5. The van der Waals surface area contributed by atoms with Gasteiger partial charge in [-0.05, 0) is 69.4 Å². The number of hydrogen-bond donors (Lipinski definition) is 1. The van der Waals surface area contributed by atoms with E-state index in [1.165, 1.54) is 24.3 Å². The van der Waals surface area contributed by atoms with Crippen molar-refractivity contribution in [2.45, 2.75) is 76.8 Å². The number of aliphatic imine (C=N–C) groups is 1. The Bertz CT molecular complexity index is 1560. The number of fused-ring (bicyclic) bond motifs is 3. The van der Waals surface area contributed by atoms with Crippen LogP contribution in [0.1, 0.15) is 73.5 Å². The average Bonchev–Trinajstić information content (AvgIpc) is 3.32. The Morgan fingerprint density at radius 3 is 2.74 bits per heavy atom. The predicted molar refractivity (Wildman–Crippen MR) is 150 cm³/mol. The number of aromatic hydroxyl groups is 1. The number of nitrogens with zero attached hydrogens (tertiary/aromatic N) is 2. The van der Waals surface area contributed by atoms with E-state index in [1.54, 1.807) is 32.0 Å². The molecule has 0 amide bonds. The van der Waals surface area contributed by atoms with Crippen molar-refractivity contribution >= 4 is 23.3 Å². The van der Waals surface area contributed by atoms with Gasteiger partial charge in [0, 0.05) is 36.6 Å². The summed E-state index contributed by atoms with van der Waals surface area (Å²) in [5.74, 6) is -2.95. The molecule has 6 rings (SSSR count). The van der Waals surface area contributed by atoms with Gasteiger partial charge in [0.1, 0.15) is 11.4 Å². The maximum Gasteiger partial charge on any atom is 0.363 e. The van der Waals surface area contributed by atoms with E-state index in [2.05, 4.69) is 4.99 Å². The van der Waals surface area contributed by atoms with E-state index in [0.29, 0.717) is 17.7 Å². The van der Waals surface area contributed by atoms with E-state index in [1.807, 2.05) is 6.92 Å². The fourth-order valence-corrected chi connectivity index (χ4v) is 6.32. The van der Waals surface area contributed by atoms with Crippen LogP contribution in [0.15, 0.2) is 53.2 Å². The van der Waals surface area contributed by atoms with Gasteiger partial charge in [0.15, 0.2) is 23.6 Å². The van der Waals surface area contributed by atoms with Gasteiger partial charge in [-0.25, -0.2) is 9.79 Å². The number of phenolic OH excluding ortho intramolecular Hbond substituents is 1. The second kappa shape index (κ2) is 10.9. The number of phenols is 1. The molecule has 2 fully saturated rings. The molecular formula is C31H32N2O10. The highest BCUT2D eigenvalue weighted by Crippen LogP contribution is 2.52. The number of ketones is 1. The Morgan fingerprint density at radius 2 is 2.00 bits per heavy atom. The molecule has 226 valence electrons. The van der Waals surface area contributed by atoms with E-state index >= 15 is 0 Å². The van der Waals surface area contributed by atoms with E-state index in [9.17, 15) is 24.8 Å². The van der Waals surface area contributed by atoms with Crippen LogP contribution in [0.4, 0.5) is 5.69 Å². The molecule has 0 aromatic heterocycles. The van der Waals surface area contributed by atoms with Crippen molar-refractivity contribution < 1.29 is 43.3 Å². The van der Waals surface area contributed by atoms with Crippen LogP contribution < -0.4 is 0 Å². The number of benzene rings is 2. The van der Waals surface area contributed by atoms with Gasteiger partial charge >= 0.3 is 5.97 Å². The maximum atomic E-state index is 13.2. The number of carbonyl (C=O) groups excluding carboxylic acids is 2. The topological polar surface area (TPSA) is 156 Å². The van der Waals surface area contributed by atoms with Crippen LogP contribution >= 0.6 is 0 Å². The van der Waals surface area contributed by atoms with Gasteiger partial charge in [-0.1, -0.05) is 12.1 Å². The van der Waals surface area contributed by atoms with Gasteiger partial charge < -0.3 is 28.8 Å². The summed E-state index contributed by atoms with van der Waals surface area (Å²) in [5, 5.41) is 22.0. The highest BCUT2D eigenvalue weighted by Gasteiger charge is 2.56. The number of hydrogen-bond acceptors (Lipinski definition) is 11. The Balaban J connectivity index is 1.35. The summed E-state index contributed by atoms with van der Waals surface area (Å²) in [6.07, 6.45) is 2.98. The number of nitro benzene ring substituents is 1. The zero-order valence-electron chi connectivity index (χ0n) is 24.0. The Labute approximate surface area is 247 Å². The van der Waals surface area contributed by atoms with Crippen LogP contribution in [0, 0.1) is 16.0 Å². The monoisotopic (exact) mass is 592 g/mol. The molecule has 1 N–H and O–H groups in total. The molecular weight excluding hydrogens is 560 g/mol. The van der Waals surface area contributed by atoms with Crippen molar-refractivity contribution in [3.8, 4) is 5.75 Å². The molecule has 43 heavy (non-hydrogen) atoms. The molecule has 4 unspecified atom stereocenters. The van der Waals surface area contributed by atoms with Crippen molar-refractivity contribution in [3.05, 3.63) is 80.5 Å². The predicted octanol–water partition coefficient (Wildman–Crippen LogP) is 4.80. The van der Waals surface area contributed by atoms with Gasteiger partial charge in [0.2, 0.25) is 5.90 Å². The summed E-state index contributed by atoms with van der Waals surface area (Å²) >= 11 is 0. The first kappa shape index (κ1) is 29.1. The minimum Gasteiger partial charge on any atom is -0.507 e. The summed E-state index contributed by atoms with van der Waals surface area (Å²) in [6, 6.07) is 9.06. The van der Waals surface area contributed by atoms with E-state index in [-0.39, 0.29) is 53.0 Å². The molecule has 1 aliphatic carbocycles. The number of nitro groups is 1. The van der Waals surface area contributed by atoms with E-state index in [4.69, 9.17) is 23.7 Å². The number of esters is 1. The normalized spacial score (nSPS) is 29.0. The van der Waals surface area contributed by atoms with Crippen LogP contribution in [0.3, 0.4) is 0 Å². The van der Waals surface area contributed by atoms with Gasteiger partial charge in [0.05, 0.1) is 23.2 Å². The fraction of sp³-hybridized carbons (Fsp3) is 0.452. The van der Waals surface area contributed by atoms with Gasteiger partial charge in [-0.2, -0.15) is 0 Å². The van der Waals surface area contributed by atoms with Crippen LogP contribution in [-0.4, -0.2) is 52.5 Å². The van der Waals surface area contributed by atoms with Crippen molar-refractivity contribution in [3.63, 3.8) is 0 Å². The van der Waals surface area contributed by atoms with E-state index in [0.717, 1.165) is 19.3 Å². The van der Waals surface area contributed by atoms with Gasteiger partial charge in [-0.3, -0.25) is 14.9 Å². The lowest BCUT2D eigenvalue weighted by Gasteiger charge is -2.53. The highest BCUT2D eigenvalue weighted by molar-refractivity contribution is 6.12. The third-order valence-electron chi connectivity index (χ3n) is 8.28. The molecule has 0 spiro atoms. The number of rotatable bonds is 6. The fourth-order valence-electron chi connectivity index (χ4n) is 6.32. The molecule has 3 heterocycles. The molecule has 2 saturated heterocycles. The summed E-state index contributed by atoms with van der Waals surface area (Å²) in [4.78, 5) is 41.7. The largest absolute Gasteiger partial charge is 0.507 e. The quantitative estimate of drug-likeness (QED) is 0.214. The Hall–Kier alpha value is -3.97. The first-order chi connectivity index (χ1) is 20.4. The molecule has 0 saturated carbocycles. The van der Waals surface area contributed by atoms with Crippen LogP contribution in [-0.2, 0) is 40.7 Å². The minimum atomic E-state index is -1.13. The van der Waals surface area contributed by atoms with Crippen molar-refractivity contribution in [1.29, 1.82) is 0 Å². The lowest BCUT2D eigenvalue weighted by Crippen LogP contribution is -2.57. The van der Waals surface area contributed by atoms with E-state index < -0.39 is 40.6 Å². The second-order valence-corrected chi connectivity index (χ2v) is 11.7. The van der Waals surface area contributed by atoms with Crippen molar-refractivity contribution in [1.82, 2.24) is 0 Å². The second-order valence-electron chi connectivity index (χ2n) is 11.7. The molecule has 12 nitrogen and oxygen atoms in total.